The van der Waals surface area contributed by atoms with Gasteiger partial charge in [-0.05, 0) is 36.2 Å². The van der Waals surface area contributed by atoms with Crippen LogP contribution in [0.25, 0.3) is 5.76 Å². The minimum atomic E-state index is -0.742. The van der Waals surface area contributed by atoms with Crippen LogP contribution in [-0.4, -0.2) is 37.8 Å². The van der Waals surface area contributed by atoms with E-state index in [4.69, 9.17) is 0 Å². The first-order valence-electron chi connectivity index (χ1n) is 9.61. The number of rotatable bonds is 6. The summed E-state index contributed by atoms with van der Waals surface area (Å²) >= 11 is 0. The molecule has 6 nitrogen and oxygen atoms in total. The third-order valence-corrected chi connectivity index (χ3v) is 5.15. The Balaban J connectivity index is 1.71. The maximum Gasteiger partial charge on any atom is 0.295 e. The van der Waals surface area contributed by atoms with Crippen molar-refractivity contribution in [2.24, 2.45) is 0 Å². The summed E-state index contributed by atoms with van der Waals surface area (Å²) < 4.78 is 15.2. The molecule has 0 aliphatic carbocycles. The van der Waals surface area contributed by atoms with Crippen LogP contribution in [-0.2, 0) is 16.1 Å². The number of nitrogens with zero attached hydrogens (tertiary/aromatic N) is 3. The van der Waals surface area contributed by atoms with E-state index in [1.165, 1.54) is 29.2 Å². The lowest BCUT2D eigenvalue weighted by atomic mass is 9.95. The zero-order valence-electron chi connectivity index (χ0n) is 16.1. The van der Waals surface area contributed by atoms with Crippen LogP contribution in [0.15, 0.2) is 78.9 Å². The van der Waals surface area contributed by atoms with Gasteiger partial charge in [0.15, 0.2) is 0 Å². The molecule has 1 N–H and O–H groups in total. The fourth-order valence-corrected chi connectivity index (χ4v) is 3.70. The summed E-state index contributed by atoms with van der Waals surface area (Å²) in [5.41, 5.74) is 1.03. The zero-order chi connectivity index (χ0) is 21.1. The van der Waals surface area contributed by atoms with Crippen molar-refractivity contribution in [2.75, 3.05) is 6.54 Å². The van der Waals surface area contributed by atoms with Crippen molar-refractivity contribution in [3.8, 4) is 0 Å². The van der Waals surface area contributed by atoms with Crippen molar-refractivity contribution in [2.45, 2.75) is 19.0 Å². The van der Waals surface area contributed by atoms with Gasteiger partial charge in [0, 0.05) is 31.0 Å². The lowest BCUT2D eigenvalue weighted by Crippen LogP contribution is -2.31. The SMILES string of the molecule is O=C1C(=O)N(CCCn2ccnc2)[C@@H](c2ccccc2)/C1=C(\O)c1ccc(F)cc1. The highest BCUT2D eigenvalue weighted by molar-refractivity contribution is 6.46. The molecule has 7 heteroatoms. The number of hydrogen-bond acceptors (Lipinski definition) is 4. The van der Waals surface area contributed by atoms with Crippen LogP contribution in [0, 0.1) is 5.82 Å². The molecule has 30 heavy (non-hydrogen) atoms. The lowest BCUT2D eigenvalue weighted by molar-refractivity contribution is -0.139. The zero-order valence-corrected chi connectivity index (χ0v) is 16.1. The average Bonchev–Trinajstić information content (AvgIpc) is 3.37. The summed E-state index contributed by atoms with van der Waals surface area (Å²) in [5, 5.41) is 10.9. The number of aliphatic hydroxyl groups is 1. The first-order chi connectivity index (χ1) is 14.6. The van der Waals surface area contributed by atoms with E-state index in [0.717, 1.165) is 5.56 Å². The number of ketones is 1. The van der Waals surface area contributed by atoms with E-state index in [0.29, 0.717) is 19.5 Å². The van der Waals surface area contributed by atoms with Gasteiger partial charge in [-0.15, -0.1) is 0 Å². The molecule has 0 bridgehead atoms. The van der Waals surface area contributed by atoms with E-state index < -0.39 is 23.5 Å². The van der Waals surface area contributed by atoms with Crippen LogP contribution < -0.4 is 0 Å². The standard InChI is InChI=1S/C23H20FN3O3/c24-18-9-7-17(8-10-18)21(28)19-20(16-5-2-1-3-6-16)27(23(30)22(19)29)13-4-12-26-14-11-25-15-26/h1-3,5-11,14-15,20,28H,4,12-13H2/b21-19+/t20-/m0/s1. The number of halogens is 1. The van der Waals surface area contributed by atoms with Gasteiger partial charge in [0.25, 0.3) is 11.7 Å². The predicted octanol–water partition coefficient (Wildman–Crippen LogP) is 3.53. The Kier molecular flexibility index (Phi) is 5.43. The highest BCUT2D eigenvalue weighted by Crippen LogP contribution is 2.39. The minimum Gasteiger partial charge on any atom is -0.507 e. The maximum absolute atomic E-state index is 13.3. The molecule has 2 heterocycles. The van der Waals surface area contributed by atoms with Crippen LogP contribution in [0.4, 0.5) is 4.39 Å². The second-order valence-electron chi connectivity index (χ2n) is 7.06. The molecular formula is C23H20FN3O3. The molecule has 1 aliphatic rings. The number of aromatic nitrogens is 2. The average molecular weight is 405 g/mol. The van der Waals surface area contributed by atoms with Gasteiger partial charge in [-0.1, -0.05) is 30.3 Å². The highest BCUT2D eigenvalue weighted by atomic mass is 19.1. The first-order valence-corrected chi connectivity index (χ1v) is 9.61. The number of carbonyl (C=O) groups is 2. The molecule has 2 aromatic carbocycles. The molecule has 1 aliphatic heterocycles. The smallest absolute Gasteiger partial charge is 0.295 e. The van der Waals surface area contributed by atoms with Gasteiger partial charge in [-0.2, -0.15) is 0 Å². The number of imidazole rings is 1. The highest BCUT2D eigenvalue weighted by Gasteiger charge is 2.45. The lowest BCUT2D eigenvalue weighted by Gasteiger charge is -2.25. The second-order valence-corrected chi connectivity index (χ2v) is 7.06. The molecule has 0 radical (unpaired) electrons. The molecule has 3 aromatic rings. The van der Waals surface area contributed by atoms with E-state index in [1.807, 2.05) is 41.1 Å². The Morgan fingerprint density at radius 2 is 1.77 bits per heavy atom. The number of benzene rings is 2. The fourth-order valence-electron chi connectivity index (χ4n) is 3.70. The third kappa shape index (κ3) is 3.74. The van der Waals surface area contributed by atoms with Gasteiger partial charge >= 0.3 is 0 Å². The van der Waals surface area contributed by atoms with Crippen LogP contribution >= 0.6 is 0 Å². The van der Waals surface area contributed by atoms with Crippen molar-refractivity contribution in [3.05, 3.63) is 95.8 Å². The first kappa shape index (κ1) is 19.6. The Hall–Kier alpha value is -3.74. The van der Waals surface area contributed by atoms with Gasteiger partial charge in [0.2, 0.25) is 0 Å². The van der Waals surface area contributed by atoms with Gasteiger partial charge in [-0.3, -0.25) is 9.59 Å². The summed E-state index contributed by atoms with van der Waals surface area (Å²) in [6.45, 7) is 0.977. The molecule has 1 atom stereocenters. The topological polar surface area (TPSA) is 75.4 Å². The number of aliphatic hydroxyl groups excluding tert-OH is 1. The maximum atomic E-state index is 13.3. The van der Waals surface area contributed by atoms with Gasteiger partial charge in [-0.25, -0.2) is 9.37 Å². The van der Waals surface area contributed by atoms with Crippen LogP contribution in [0.2, 0.25) is 0 Å². The normalized spacial score (nSPS) is 18.2. The summed E-state index contributed by atoms with van der Waals surface area (Å²) in [4.78, 5) is 31.2. The van der Waals surface area contributed by atoms with E-state index in [2.05, 4.69) is 4.98 Å². The molecule has 1 saturated heterocycles. The molecule has 4 rings (SSSR count). The van der Waals surface area contributed by atoms with Crippen molar-refractivity contribution < 1.29 is 19.1 Å². The number of aryl methyl sites for hydroxylation is 1. The summed E-state index contributed by atoms with van der Waals surface area (Å²) in [6.07, 6.45) is 5.82. The van der Waals surface area contributed by atoms with E-state index in [1.54, 1.807) is 12.5 Å². The number of Topliss-reactive ketones (excluding diaryl/α,β-unsaturated/α-hetero) is 1. The van der Waals surface area contributed by atoms with E-state index >= 15 is 0 Å². The Morgan fingerprint density at radius 3 is 2.43 bits per heavy atom. The van der Waals surface area contributed by atoms with Crippen molar-refractivity contribution in [3.63, 3.8) is 0 Å². The van der Waals surface area contributed by atoms with Gasteiger partial charge < -0.3 is 14.6 Å². The van der Waals surface area contributed by atoms with Gasteiger partial charge in [0.1, 0.15) is 11.6 Å². The monoisotopic (exact) mass is 405 g/mol. The molecule has 1 aromatic heterocycles. The predicted molar refractivity (Wildman–Crippen MR) is 109 cm³/mol. The van der Waals surface area contributed by atoms with Gasteiger partial charge in [0.05, 0.1) is 17.9 Å². The summed E-state index contributed by atoms with van der Waals surface area (Å²) in [5.74, 6) is -2.16. The summed E-state index contributed by atoms with van der Waals surface area (Å²) in [6, 6.07) is 13.6. The summed E-state index contributed by atoms with van der Waals surface area (Å²) in [7, 11) is 0. The third-order valence-electron chi connectivity index (χ3n) is 5.15. The molecular weight excluding hydrogens is 385 g/mol. The largest absolute Gasteiger partial charge is 0.507 e. The molecule has 0 saturated carbocycles. The Bertz CT molecular complexity index is 1080. The quantitative estimate of drug-likeness (QED) is 0.387. The number of likely N-dealkylation sites (tertiary alicyclic amines) is 1. The van der Waals surface area contributed by atoms with Crippen LogP contribution in [0.3, 0.4) is 0 Å². The molecule has 0 unspecified atom stereocenters. The Morgan fingerprint density at radius 1 is 1.03 bits per heavy atom. The Labute approximate surface area is 172 Å². The molecule has 152 valence electrons. The fraction of sp³-hybridized carbons (Fsp3) is 0.174. The molecule has 0 spiro atoms. The number of amides is 1. The van der Waals surface area contributed by atoms with Crippen LogP contribution in [0.5, 0.6) is 0 Å². The second kappa shape index (κ2) is 8.32. The van der Waals surface area contributed by atoms with Crippen molar-refractivity contribution >= 4 is 17.4 Å². The van der Waals surface area contributed by atoms with Crippen molar-refractivity contribution in [1.82, 2.24) is 14.5 Å². The number of hydrogen-bond donors (Lipinski definition) is 1. The minimum absolute atomic E-state index is 0.0143. The molecule has 1 fully saturated rings. The van der Waals surface area contributed by atoms with E-state index in [9.17, 15) is 19.1 Å². The van der Waals surface area contributed by atoms with Crippen LogP contribution in [0.1, 0.15) is 23.6 Å². The van der Waals surface area contributed by atoms with Crippen molar-refractivity contribution in [1.29, 1.82) is 0 Å². The number of carbonyl (C=O) groups excluding carboxylic acids is 2. The van der Waals surface area contributed by atoms with E-state index in [-0.39, 0.29) is 16.9 Å². The molecule has 1 amide bonds.